The minimum atomic E-state index is -1.53. The van der Waals surface area contributed by atoms with Crippen molar-refractivity contribution in [2.45, 2.75) is 44.8 Å². The van der Waals surface area contributed by atoms with E-state index in [-0.39, 0.29) is 11.3 Å². The fraction of sp³-hybridized carbons (Fsp3) is 0.455. The van der Waals surface area contributed by atoms with Gasteiger partial charge in [-0.2, -0.15) is 0 Å². The topological polar surface area (TPSA) is 255 Å². The number of carbonyl (C=O) groups is 6. The minimum absolute atomic E-state index is 0.189. The average Bonchev–Trinajstić information content (AvgIpc) is 2.86. The molecule has 0 saturated heterocycles. The Kier molecular flexibility index (Phi) is 10.1. The van der Waals surface area contributed by atoms with Crippen molar-refractivity contribution in [3.8, 4) is 5.75 Å². The van der Waals surface area contributed by atoms with Gasteiger partial charge in [-0.15, -0.1) is 0 Å². The number of nitrogens with two attached hydrogens (primary N) is 2. The lowest BCUT2D eigenvalue weighted by Crippen LogP contribution is -2.59. The zero-order valence-electron chi connectivity index (χ0n) is 20.6. The molecule has 1 aromatic rings. The molecule has 1 unspecified atom stereocenters. The summed E-state index contributed by atoms with van der Waals surface area (Å²) in [6.07, 6.45) is -0.229. The Bertz CT molecular complexity index is 1140. The van der Waals surface area contributed by atoms with Crippen molar-refractivity contribution < 1.29 is 38.4 Å². The number of nitrogens with one attached hydrogen (secondary N) is 4. The van der Waals surface area contributed by atoms with Crippen molar-refractivity contribution in [1.82, 2.24) is 21.3 Å². The van der Waals surface area contributed by atoms with E-state index in [1.807, 2.05) is 0 Å². The Labute approximate surface area is 216 Å². The third-order valence-electron chi connectivity index (χ3n) is 5.71. The van der Waals surface area contributed by atoms with Gasteiger partial charge in [0.25, 0.3) is 11.6 Å². The fourth-order valence-corrected chi connectivity index (χ4v) is 3.45. The first kappa shape index (κ1) is 29.5. The number of ether oxygens (including phenoxy) is 1. The first-order valence-electron chi connectivity index (χ1n) is 11.5. The Hall–Kier alpha value is -4.76. The van der Waals surface area contributed by atoms with Crippen molar-refractivity contribution in [2.24, 2.45) is 17.4 Å². The van der Waals surface area contributed by atoms with Gasteiger partial charge in [-0.1, -0.05) is 20.3 Å². The summed E-state index contributed by atoms with van der Waals surface area (Å²) in [7, 11) is 0. The molecule has 1 aliphatic rings. The van der Waals surface area contributed by atoms with Crippen LogP contribution in [0.5, 0.6) is 5.75 Å². The highest BCUT2D eigenvalue weighted by Crippen LogP contribution is 2.25. The van der Waals surface area contributed by atoms with Crippen LogP contribution < -0.4 is 37.5 Å². The molecule has 1 aromatic carbocycles. The number of nitrogens with zero attached hydrogens (tertiary/aromatic N) is 1. The molecule has 2 rings (SSSR count). The number of non-ortho nitro benzene ring substituents is 1. The summed E-state index contributed by atoms with van der Waals surface area (Å²) >= 11 is 0. The number of carbonyl (C=O) groups excluding carboxylic acids is 6. The molecular formula is C22H29N7O9. The first-order valence-corrected chi connectivity index (χ1v) is 11.5. The predicted octanol–water partition coefficient (Wildman–Crippen LogP) is -2.42. The molecule has 0 saturated carbocycles. The van der Waals surface area contributed by atoms with E-state index < -0.39 is 89.7 Å². The van der Waals surface area contributed by atoms with E-state index in [0.717, 1.165) is 18.2 Å². The lowest BCUT2D eigenvalue weighted by atomic mass is 9.97. The van der Waals surface area contributed by atoms with E-state index in [4.69, 9.17) is 16.2 Å². The molecule has 0 fully saturated rings. The van der Waals surface area contributed by atoms with Gasteiger partial charge in [0.1, 0.15) is 30.5 Å². The van der Waals surface area contributed by atoms with Gasteiger partial charge in [0, 0.05) is 12.1 Å². The van der Waals surface area contributed by atoms with Gasteiger partial charge in [0.2, 0.25) is 29.5 Å². The SMILES string of the molecule is CCC(C)[C@@H]1NC(=O)c2cc([N+](=O)[O-])ccc2OC[C@@H](C(=O)NCC(N)=O)NC(=O)[C@H](CC(N)=O)NC1=O. The van der Waals surface area contributed by atoms with Gasteiger partial charge in [-0.05, 0) is 12.0 Å². The first-order chi connectivity index (χ1) is 17.8. The summed E-state index contributed by atoms with van der Waals surface area (Å²) < 4.78 is 5.59. The Morgan fingerprint density at radius 2 is 1.82 bits per heavy atom. The zero-order chi connectivity index (χ0) is 28.6. The molecule has 0 aromatic heterocycles. The Morgan fingerprint density at radius 1 is 1.13 bits per heavy atom. The van der Waals surface area contributed by atoms with Crippen LogP contribution in [0.15, 0.2) is 18.2 Å². The smallest absolute Gasteiger partial charge is 0.270 e. The summed E-state index contributed by atoms with van der Waals surface area (Å²) in [6, 6.07) is -1.14. The van der Waals surface area contributed by atoms with E-state index in [1.54, 1.807) is 13.8 Å². The van der Waals surface area contributed by atoms with Crippen LogP contribution in [0.3, 0.4) is 0 Å². The third-order valence-corrected chi connectivity index (χ3v) is 5.71. The van der Waals surface area contributed by atoms with E-state index in [2.05, 4.69) is 21.3 Å². The van der Waals surface area contributed by atoms with Crippen LogP contribution in [-0.2, 0) is 24.0 Å². The van der Waals surface area contributed by atoms with Gasteiger partial charge in [-0.25, -0.2) is 0 Å². The molecule has 38 heavy (non-hydrogen) atoms. The Morgan fingerprint density at radius 3 is 2.39 bits per heavy atom. The maximum atomic E-state index is 13.2. The number of nitro groups is 1. The molecule has 0 bridgehead atoms. The number of amides is 6. The van der Waals surface area contributed by atoms with Gasteiger partial charge in [0.15, 0.2) is 0 Å². The fourth-order valence-electron chi connectivity index (χ4n) is 3.45. The molecule has 8 N–H and O–H groups in total. The summed E-state index contributed by atoms with van der Waals surface area (Å²) in [5, 5.41) is 20.7. The van der Waals surface area contributed by atoms with Crippen LogP contribution in [-0.4, -0.2) is 71.6 Å². The van der Waals surface area contributed by atoms with Gasteiger partial charge < -0.3 is 37.5 Å². The number of hydrogen-bond acceptors (Lipinski definition) is 9. The van der Waals surface area contributed by atoms with E-state index in [9.17, 15) is 38.9 Å². The molecule has 0 spiro atoms. The van der Waals surface area contributed by atoms with Crippen molar-refractivity contribution in [3.63, 3.8) is 0 Å². The number of rotatable bonds is 8. The molecule has 6 amide bonds. The molecule has 0 aliphatic carbocycles. The largest absolute Gasteiger partial charge is 0.490 e. The summed E-state index contributed by atoms with van der Waals surface area (Å²) in [4.78, 5) is 85.3. The lowest BCUT2D eigenvalue weighted by molar-refractivity contribution is -0.384. The standard InChI is InChI=1S/C22H29N7O9/c1-3-10(2)18-22(35)26-13(7-16(23)30)21(34)27-14(20(33)25-8-17(24)31)9-38-15-5-4-11(29(36)37)6-12(15)19(32)28-18/h4-6,10,13-14,18H,3,7-9H2,1-2H3,(H2,23,30)(H2,24,31)(H,25,33)(H,26,35)(H,27,34)(H,28,32)/t10?,13-,14-,18-/m0/s1. The molecule has 16 nitrogen and oxygen atoms in total. The number of primary amides is 2. The number of fused-ring (bicyclic) bond motifs is 1. The average molecular weight is 536 g/mol. The van der Waals surface area contributed by atoms with Gasteiger partial charge in [0.05, 0.1) is 23.5 Å². The second kappa shape index (κ2) is 13.0. The second-order valence-electron chi connectivity index (χ2n) is 8.56. The molecule has 1 aliphatic heterocycles. The molecule has 0 radical (unpaired) electrons. The lowest BCUT2D eigenvalue weighted by Gasteiger charge is -2.26. The zero-order valence-corrected chi connectivity index (χ0v) is 20.6. The highest BCUT2D eigenvalue weighted by Gasteiger charge is 2.34. The maximum Gasteiger partial charge on any atom is 0.270 e. The summed E-state index contributed by atoms with van der Waals surface area (Å²) in [5.41, 5.74) is 9.53. The van der Waals surface area contributed by atoms with E-state index >= 15 is 0 Å². The number of hydrogen-bond donors (Lipinski definition) is 6. The predicted molar refractivity (Wildman–Crippen MR) is 129 cm³/mol. The van der Waals surface area contributed by atoms with Crippen LogP contribution in [0, 0.1) is 16.0 Å². The van der Waals surface area contributed by atoms with Crippen molar-refractivity contribution in [3.05, 3.63) is 33.9 Å². The van der Waals surface area contributed by atoms with Gasteiger partial charge >= 0.3 is 0 Å². The minimum Gasteiger partial charge on any atom is -0.490 e. The maximum absolute atomic E-state index is 13.2. The quantitative estimate of drug-likeness (QED) is 0.153. The van der Waals surface area contributed by atoms with E-state index in [1.165, 1.54) is 0 Å². The highest BCUT2D eigenvalue weighted by molar-refractivity contribution is 6.01. The number of nitro benzene ring substituents is 1. The molecule has 4 atom stereocenters. The van der Waals surface area contributed by atoms with Crippen LogP contribution in [0.4, 0.5) is 5.69 Å². The van der Waals surface area contributed by atoms with Crippen molar-refractivity contribution in [1.29, 1.82) is 0 Å². The summed E-state index contributed by atoms with van der Waals surface area (Å²) in [5.74, 6) is -6.11. The van der Waals surface area contributed by atoms with E-state index in [0.29, 0.717) is 6.42 Å². The van der Waals surface area contributed by atoms with Crippen LogP contribution in [0.2, 0.25) is 0 Å². The normalized spacial score (nSPS) is 20.9. The molecule has 1 heterocycles. The van der Waals surface area contributed by atoms with Crippen molar-refractivity contribution in [2.75, 3.05) is 13.2 Å². The van der Waals surface area contributed by atoms with Gasteiger partial charge in [-0.3, -0.25) is 38.9 Å². The Balaban J connectivity index is 2.58. The highest BCUT2D eigenvalue weighted by atomic mass is 16.6. The third kappa shape index (κ3) is 7.87. The summed E-state index contributed by atoms with van der Waals surface area (Å²) in [6.45, 7) is 2.21. The van der Waals surface area contributed by atoms with Crippen LogP contribution >= 0.6 is 0 Å². The van der Waals surface area contributed by atoms with Crippen LogP contribution in [0.25, 0.3) is 0 Å². The second-order valence-corrected chi connectivity index (χ2v) is 8.56. The van der Waals surface area contributed by atoms with Crippen molar-refractivity contribution >= 4 is 41.1 Å². The molecular weight excluding hydrogens is 506 g/mol. The monoisotopic (exact) mass is 535 g/mol. The molecule has 16 heteroatoms. The number of benzene rings is 1. The van der Waals surface area contributed by atoms with Crippen LogP contribution in [0.1, 0.15) is 37.0 Å². The molecule has 206 valence electrons.